The van der Waals surface area contributed by atoms with E-state index in [1.807, 2.05) is 13.8 Å². The van der Waals surface area contributed by atoms with Crippen molar-refractivity contribution < 1.29 is 48.6 Å². The minimum Gasteiger partial charge on any atom is -0.508 e. The van der Waals surface area contributed by atoms with Crippen LogP contribution in [0.5, 0.6) is 5.75 Å². The number of nitrogens with one attached hydrogen (secondary N) is 9. The van der Waals surface area contributed by atoms with Gasteiger partial charge in [0, 0.05) is 38.9 Å². The third-order valence-electron chi connectivity index (χ3n) is 11.3. The summed E-state index contributed by atoms with van der Waals surface area (Å²) < 4.78 is 0. The maximum Gasteiger partial charge on any atom is 0.245 e. The Morgan fingerprint density at radius 2 is 1.14 bits per heavy atom. The molecule has 8 amide bonds. The van der Waals surface area contributed by atoms with Gasteiger partial charge in [-0.2, -0.15) is 0 Å². The minimum atomic E-state index is -1.64. The number of nitrogens with two attached hydrogens (primary N) is 4. The average molecular weight is 975 g/mol. The van der Waals surface area contributed by atoms with E-state index >= 15 is 0 Å². The predicted molar refractivity (Wildman–Crippen MR) is 259 cm³/mol. The Kier molecular flexibility index (Phi) is 25.5. The van der Waals surface area contributed by atoms with Crippen LogP contribution in [-0.2, 0) is 44.8 Å². The molecule has 0 fully saturated rings. The number of carbonyl (C=O) groups excluding carboxylic acids is 8. The second-order valence-corrected chi connectivity index (χ2v) is 18.3. The maximum atomic E-state index is 14.4. The number of hydrogen-bond donors (Lipinski definition) is 15. The number of carbonyl (C=O) groups is 8. The van der Waals surface area contributed by atoms with Crippen LogP contribution in [0.4, 0.5) is 0 Å². The van der Waals surface area contributed by atoms with Crippen LogP contribution in [0.3, 0.4) is 0 Å². The Balaban J connectivity index is 3.60. The fourth-order valence-electron chi connectivity index (χ4n) is 7.57. The number of rotatable bonds is 30. The van der Waals surface area contributed by atoms with E-state index in [1.165, 1.54) is 26.1 Å². The van der Waals surface area contributed by atoms with Gasteiger partial charge in [0.15, 0.2) is 11.9 Å². The summed E-state index contributed by atoms with van der Waals surface area (Å²) >= 11 is 0. The Morgan fingerprint density at radius 3 is 1.62 bits per heavy atom. The fourth-order valence-corrected chi connectivity index (χ4v) is 7.57. The van der Waals surface area contributed by atoms with Crippen molar-refractivity contribution in [2.24, 2.45) is 40.7 Å². The molecule has 0 saturated heterocycles. The topological polar surface area (TPSA) is 416 Å². The normalized spacial score (nSPS) is 14.6. The molecule has 0 spiro atoms. The van der Waals surface area contributed by atoms with E-state index < -0.39 is 102 Å². The summed E-state index contributed by atoms with van der Waals surface area (Å²) in [5, 5.41) is 53.9. The summed E-state index contributed by atoms with van der Waals surface area (Å²) in [6.45, 7) is 13.9. The van der Waals surface area contributed by atoms with Gasteiger partial charge in [-0.15, -0.1) is 0 Å². The molecule has 0 heterocycles. The lowest BCUT2D eigenvalue weighted by atomic mass is 9.95. The summed E-state index contributed by atoms with van der Waals surface area (Å²) in [5.41, 5.74) is 24.0. The first-order valence-electron chi connectivity index (χ1n) is 23.1. The molecule has 1 aromatic carbocycles. The van der Waals surface area contributed by atoms with E-state index in [0.717, 1.165) is 4.90 Å². The lowest BCUT2D eigenvalue weighted by Gasteiger charge is -2.33. The van der Waals surface area contributed by atoms with Crippen molar-refractivity contribution in [2.45, 2.75) is 149 Å². The van der Waals surface area contributed by atoms with Gasteiger partial charge in [0.25, 0.3) is 0 Å². The van der Waals surface area contributed by atoms with Crippen molar-refractivity contribution in [3.63, 3.8) is 0 Å². The number of aryl methyl sites for hydroxylation is 2. The third-order valence-corrected chi connectivity index (χ3v) is 11.3. The smallest absolute Gasteiger partial charge is 0.245 e. The van der Waals surface area contributed by atoms with Gasteiger partial charge in [0.1, 0.15) is 42.0 Å². The molecule has 0 aromatic heterocycles. The second-order valence-electron chi connectivity index (χ2n) is 18.3. The van der Waals surface area contributed by atoms with Crippen molar-refractivity contribution in [3.8, 4) is 5.75 Å². The number of amides is 8. The molecule has 0 bridgehead atoms. The highest BCUT2D eigenvalue weighted by Crippen LogP contribution is 2.23. The molecule has 24 nitrogen and oxygen atoms in total. The number of aromatic hydroxyl groups is 1. The number of primary amides is 2. The zero-order chi connectivity index (χ0) is 52.9. The third kappa shape index (κ3) is 21.4. The molecule has 388 valence electrons. The summed E-state index contributed by atoms with van der Waals surface area (Å²) in [7, 11) is 1.27. The number of phenolic OH excluding ortho intramolecular Hbond substituents is 1. The lowest BCUT2D eigenvalue weighted by Crippen LogP contribution is -2.62. The van der Waals surface area contributed by atoms with Gasteiger partial charge in [-0.05, 0) is 100.0 Å². The van der Waals surface area contributed by atoms with Crippen molar-refractivity contribution in [1.29, 1.82) is 10.8 Å². The molecular weight excluding hydrogens is 897 g/mol. The predicted octanol–water partition coefficient (Wildman–Crippen LogP) is -2.20. The molecule has 0 unspecified atom stereocenters. The van der Waals surface area contributed by atoms with Crippen molar-refractivity contribution in [1.82, 2.24) is 42.1 Å². The first kappa shape index (κ1) is 60.3. The number of aliphatic hydroxyl groups excluding tert-OH is 1. The molecule has 8 atom stereocenters. The molecule has 19 N–H and O–H groups in total. The van der Waals surface area contributed by atoms with Gasteiger partial charge in [-0.25, -0.2) is 0 Å². The highest BCUT2D eigenvalue weighted by molar-refractivity contribution is 5.97. The van der Waals surface area contributed by atoms with Gasteiger partial charge in [0.05, 0.1) is 6.10 Å². The van der Waals surface area contributed by atoms with E-state index in [4.69, 9.17) is 33.8 Å². The molecule has 0 aliphatic heterocycles. The zero-order valence-corrected chi connectivity index (χ0v) is 41.4. The standard InChI is InChI=1S/C45H78N14O10/c1-22(2)18-26(7)38(64)57-35(23(3)4)41(67)58-36(27(8)60)42(68)54-30(12-10-16-52-44(48)49)39(65)55-31(14-15-34(46)62)43(69)59(9)33(13-11-17-53-45(50)51)40(66)56-32(37(47)63)21-29-24(5)19-28(61)20-25(29)6/h19-20,22-23,26-27,30-33,35-36,60-61H,10-18,21H2,1-9H3,(H2,46,62)(H2,47,63)(H,54,68)(H,55,65)(H,56,66)(H,57,64)(H,58,67)(H4,48,49,52)(H4,50,51,53)/t26-,27+,30-,31-,32-,33-,35-,36-/m0/s1. The first-order chi connectivity index (χ1) is 32.1. The molecule has 0 saturated carbocycles. The Bertz CT molecular complexity index is 1960. The van der Waals surface area contributed by atoms with Crippen LogP contribution < -0.4 is 60.2 Å². The molecular formula is C45H78N14O10. The summed E-state index contributed by atoms with van der Waals surface area (Å²) in [4.78, 5) is 109. The number of hydrogen-bond acceptors (Lipinski definition) is 12. The van der Waals surface area contributed by atoms with Gasteiger partial charge < -0.3 is 75.3 Å². The van der Waals surface area contributed by atoms with E-state index in [0.29, 0.717) is 23.1 Å². The SMILES string of the molecule is Cc1cc(O)cc(C)c1C[C@H](NC(=O)[C@H](CCCNC(=N)N)N(C)C(=O)[C@H](CCC(N)=O)NC(=O)[C@H](CCCNC(=N)N)NC(=O)[C@@H](NC(=O)[C@@H](NC(=O)[C@@H](C)CC(C)C)C(C)C)[C@@H](C)O)C(N)=O. The van der Waals surface area contributed by atoms with Crippen LogP contribution in [0, 0.1) is 42.4 Å². The van der Waals surface area contributed by atoms with E-state index in [2.05, 4.69) is 37.2 Å². The van der Waals surface area contributed by atoms with Crippen LogP contribution >= 0.6 is 0 Å². The van der Waals surface area contributed by atoms with Crippen LogP contribution in [0.25, 0.3) is 0 Å². The van der Waals surface area contributed by atoms with Crippen LogP contribution in [-0.4, -0.2) is 137 Å². The fraction of sp³-hybridized carbons (Fsp3) is 0.644. The average Bonchev–Trinajstić information content (AvgIpc) is 3.23. The summed E-state index contributed by atoms with van der Waals surface area (Å²) in [6.07, 6.45) is -1.75. The number of nitrogens with zero attached hydrogens (tertiary/aromatic N) is 1. The first-order valence-corrected chi connectivity index (χ1v) is 23.1. The van der Waals surface area contributed by atoms with Crippen molar-refractivity contribution in [3.05, 3.63) is 28.8 Å². The Morgan fingerprint density at radius 1 is 0.652 bits per heavy atom. The van der Waals surface area contributed by atoms with Crippen molar-refractivity contribution >= 4 is 59.2 Å². The Hall–Kier alpha value is -6.72. The van der Waals surface area contributed by atoms with E-state index in [9.17, 15) is 48.6 Å². The van der Waals surface area contributed by atoms with E-state index in [-0.39, 0.29) is 81.1 Å². The number of benzene rings is 1. The monoisotopic (exact) mass is 975 g/mol. The number of phenols is 1. The largest absolute Gasteiger partial charge is 0.508 e. The van der Waals surface area contributed by atoms with Gasteiger partial charge in [-0.1, -0.05) is 34.6 Å². The summed E-state index contributed by atoms with van der Waals surface area (Å²) in [5.74, 6) is -7.90. The number of aliphatic hydroxyl groups is 1. The van der Waals surface area contributed by atoms with Crippen molar-refractivity contribution in [2.75, 3.05) is 20.1 Å². The summed E-state index contributed by atoms with van der Waals surface area (Å²) in [6, 6.07) is -5.41. The zero-order valence-electron chi connectivity index (χ0n) is 41.4. The maximum absolute atomic E-state index is 14.4. The second kappa shape index (κ2) is 29.2. The molecule has 0 aliphatic rings. The highest BCUT2D eigenvalue weighted by atomic mass is 16.3. The minimum absolute atomic E-state index is 0.00225. The highest BCUT2D eigenvalue weighted by Gasteiger charge is 2.37. The molecule has 24 heteroatoms. The molecule has 1 rings (SSSR count). The van der Waals surface area contributed by atoms with Gasteiger partial charge in [0.2, 0.25) is 47.3 Å². The Labute approximate surface area is 404 Å². The van der Waals surface area contributed by atoms with Gasteiger partial charge in [-0.3, -0.25) is 49.2 Å². The van der Waals surface area contributed by atoms with Crippen LogP contribution in [0.1, 0.15) is 103 Å². The van der Waals surface area contributed by atoms with Crippen LogP contribution in [0.2, 0.25) is 0 Å². The molecule has 69 heavy (non-hydrogen) atoms. The number of guanidine groups is 2. The molecule has 1 aromatic rings. The number of likely N-dealkylation sites (N-methyl/N-ethyl adjacent to an activating group) is 1. The quantitative estimate of drug-likeness (QED) is 0.0221. The molecule has 0 radical (unpaired) electrons. The van der Waals surface area contributed by atoms with Crippen LogP contribution in [0.15, 0.2) is 12.1 Å². The molecule has 0 aliphatic carbocycles. The lowest BCUT2D eigenvalue weighted by molar-refractivity contribution is -0.143. The van der Waals surface area contributed by atoms with Gasteiger partial charge >= 0.3 is 0 Å². The van der Waals surface area contributed by atoms with E-state index in [1.54, 1.807) is 34.6 Å².